The second-order valence-corrected chi connectivity index (χ2v) is 5.97. The van der Waals surface area contributed by atoms with E-state index in [1.165, 1.54) is 11.3 Å². The highest BCUT2D eigenvalue weighted by Gasteiger charge is 2.15. The summed E-state index contributed by atoms with van der Waals surface area (Å²) >= 11 is 1.37. The third-order valence-electron chi connectivity index (χ3n) is 3.00. The number of hydrogen-bond acceptors (Lipinski definition) is 5. The van der Waals surface area contributed by atoms with E-state index in [2.05, 4.69) is 10.3 Å². The van der Waals surface area contributed by atoms with Crippen molar-refractivity contribution >= 4 is 23.2 Å². The van der Waals surface area contributed by atoms with Crippen molar-refractivity contribution in [3.05, 3.63) is 51.5 Å². The van der Waals surface area contributed by atoms with Gasteiger partial charge >= 0.3 is 5.97 Å². The molecule has 23 heavy (non-hydrogen) atoms. The van der Waals surface area contributed by atoms with Crippen LogP contribution in [0.15, 0.2) is 30.3 Å². The van der Waals surface area contributed by atoms with E-state index in [9.17, 15) is 9.59 Å². The quantitative estimate of drug-likeness (QED) is 0.720. The van der Waals surface area contributed by atoms with Gasteiger partial charge in [-0.05, 0) is 12.5 Å². The Balaban J connectivity index is 1.87. The Morgan fingerprint density at radius 1 is 1.30 bits per heavy atom. The Bertz CT molecular complexity index is 670. The van der Waals surface area contributed by atoms with Gasteiger partial charge in [0, 0.05) is 13.0 Å². The minimum Gasteiger partial charge on any atom is -0.480 e. The first kappa shape index (κ1) is 17.1. The number of hydrogen-bond donors (Lipinski definition) is 2. The zero-order chi connectivity index (χ0) is 16.7. The molecular formula is C16H18N2O4S. The molecule has 0 radical (unpaired) electrons. The topological polar surface area (TPSA) is 88.5 Å². The van der Waals surface area contributed by atoms with Gasteiger partial charge in [-0.25, -0.2) is 9.78 Å². The minimum absolute atomic E-state index is 0.159. The fourth-order valence-electron chi connectivity index (χ4n) is 1.99. The number of aromatic nitrogens is 1. The fourth-order valence-corrected chi connectivity index (χ4v) is 3.00. The summed E-state index contributed by atoms with van der Waals surface area (Å²) in [6.07, 6.45) is 0.696. The Morgan fingerprint density at radius 2 is 2.04 bits per heavy atom. The second kappa shape index (κ2) is 8.40. The zero-order valence-corrected chi connectivity index (χ0v) is 13.6. The van der Waals surface area contributed by atoms with Crippen LogP contribution in [-0.2, 0) is 16.0 Å². The van der Waals surface area contributed by atoms with Crippen LogP contribution in [0.2, 0.25) is 0 Å². The van der Waals surface area contributed by atoms with E-state index in [0.29, 0.717) is 17.0 Å². The Labute approximate surface area is 138 Å². The van der Waals surface area contributed by atoms with Crippen molar-refractivity contribution in [2.75, 3.05) is 19.8 Å². The highest BCUT2D eigenvalue weighted by molar-refractivity contribution is 7.13. The summed E-state index contributed by atoms with van der Waals surface area (Å²) in [6.45, 7) is 1.86. The monoisotopic (exact) mass is 334 g/mol. The SMILES string of the molecule is Cc1nc(Cc2ccccc2)sc1C(=O)NCCOCC(=O)O. The van der Waals surface area contributed by atoms with Crippen molar-refractivity contribution in [1.29, 1.82) is 0 Å². The third kappa shape index (κ3) is 5.46. The van der Waals surface area contributed by atoms with E-state index in [4.69, 9.17) is 9.84 Å². The number of aryl methyl sites for hydroxylation is 1. The molecule has 0 spiro atoms. The van der Waals surface area contributed by atoms with E-state index < -0.39 is 5.97 Å². The van der Waals surface area contributed by atoms with Crippen molar-refractivity contribution in [1.82, 2.24) is 10.3 Å². The van der Waals surface area contributed by atoms with E-state index in [1.807, 2.05) is 30.3 Å². The average molecular weight is 334 g/mol. The molecule has 2 rings (SSSR count). The van der Waals surface area contributed by atoms with Crippen LogP contribution in [0.5, 0.6) is 0 Å². The predicted molar refractivity (Wildman–Crippen MR) is 86.9 cm³/mol. The molecule has 6 nitrogen and oxygen atoms in total. The number of benzene rings is 1. The van der Waals surface area contributed by atoms with E-state index >= 15 is 0 Å². The molecule has 2 N–H and O–H groups in total. The van der Waals surface area contributed by atoms with Gasteiger partial charge < -0.3 is 15.2 Å². The van der Waals surface area contributed by atoms with Crippen molar-refractivity contribution in [3.8, 4) is 0 Å². The molecule has 1 heterocycles. The van der Waals surface area contributed by atoms with Crippen molar-refractivity contribution in [3.63, 3.8) is 0 Å². The molecule has 1 aromatic heterocycles. The molecule has 7 heteroatoms. The third-order valence-corrected chi connectivity index (χ3v) is 4.16. The van der Waals surface area contributed by atoms with Gasteiger partial charge in [-0.3, -0.25) is 4.79 Å². The molecule has 2 aromatic rings. The van der Waals surface area contributed by atoms with Gasteiger partial charge in [0.15, 0.2) is 0 Å². The molecule has 122 valence electrons. The number of carboxylic acids is 1. The lowest BCUT2D eigenvalue weighted by Crippen LogP contribution is -2.27. The molecule has 0 atom stereocenters. The summed E-state index contributed by atoms with van der Waals surface area (Å²) in [5.41, 5.74) is 1.85. The molecule has 1 aromatic carbocycles. The predicted octanol–water partition coefficient (Wildman–Crippen LogP) is 1.87. The van der Waals surface area contributed by atoms with Gasteiger partial charge in [0.2, 0.25) is 0 Å². The van der Waals surface area contributed by atoms with Gasteiger partial charge in [0.1, 0.15) is 11.5 Å². The number of amides is 1. The maximum Gasteiger partial charge on any atom is 0.329 e. The molecule has 1 amide bonds. The summed E-state index contributed by atoms with van der Waals surface area (Å²) < 4.78 is 4.87. The van der Waals surface area contributed by atoms with Gasteiger partial charge in [0.25, 0.3) is 5.91 Å². The molecular weight excluding hydrogens is 316 g/mol. The zero-order valence-electron chi connectivity index (χ0n) is 12.7. The van der Waals surface area contributed by atoms with Gasteiger partial charge in [-0.2, -0.15) is 0 Å². The maximum absolute atomic E-state index is 12.1. The fraction of sp³-hybridized carbons (Fsp3) is 0.312. The number of carboxylic acid groups (broad SMARTS) is 1. The van der Waals surface area contributed by atoms with Crippen molar-refractivity contribution in [2.24, 2.45) is 0 Å². The van der Waals surface area contributed by atoms with Gasteiger partial charge in [-0.1, -0.05) is 30.3 Å². The number of rotatable bonds is 8. The number of aliphatic carboxylic acids is 1. The van der Waals surface area contributed by atoms with Crippen LogP contribution in [0.1, 0.15) is 25.9 Å². The van der Waals surface area contributed by atoms with E-state index in [0.717, 1.165) is 10.6 Å². The van der Waals surface area contributed by atoms with Crippen LogP contribution in [-0.4, -0.2) is 41.7 Å². The van der Waals surface area contributed by atoms with Crippen LogP contribution in [0.25, 0.3) is 0 Å². The Kier molecular flexibility index (Phi) is 6.25. The molecule has 0 fully saturated rings. The molecule has 0 saturated heterocycles. The lowest BCUT2D eigenvalue weighted by Gasteiger charge is -2.03. The summed E-state index contributed by atoms with van der Waals surface area (Å²) in [5.74, 6) is -1.24. The largest absolute Gasteiger partial charge is 0.480 e. The minimum atomic E-state index is -1.03. The standard InChI is InChI=1S/C16H18N2O4S/c1-11-15(16(21)17-7-8-22-10-14(19)20)23-13(18-11)9-12-5-3-2-4-6-12/h2-6H,7-10H2,1H3,(H,17,21)(H,19,20). The summed E-state index contributed by atoms with van der Waals surface area (Å²) in [7, 11) is 0. The normalized spacial score (nSPS) is 10.5. The van der Waals surface area contributed by atoms with Gasteiger partial charge in [0.05, 0.1) is 17.3 Å². The number of nitrogens with zero attached hydrogens (tertiary/aromatic N) is 1. The first-order chi connectivity index (χ1) is 11.1. The van der Waals surface area contributed by atoms with Gasteiger partial charge in [-0.15, -0.1) is 11.3 Å². The first-order valence-electron chi connectivity index (χ1n) is 7.14. The van der Waals surface area contributed by atoms with Crippen LogP contribution >= 0.6 is 11.3 Å². The molecule has 0 unspecified atom stereocenters. The van der Waals surface area contributed by atoms with E-state index in [1.54, 1.807) is 6.92 Å². The van der Waals surface area contributed by atoms with Crippen LogP contribution in [0.4, 0.5) is 0 Å². The molecule has 0 aliphatic carbocycles. The maximum atomic E-state index is 12.1. The number of carbonyl (C=O) groups excluding carboxylic acids is 1. The number of nitrogens with one attached hydrogen (secondary N) is 1. The van der Waals surface area contributed by atoms with Crippen molar-refractivity contribution < 1.29 is 19.4 Å². The number of thiazole rings is 1. The molecule has 0 bridgehead atoms. The average Bonchev–Trinajstić information content (AvgIpc) is 2.88. The lowest BCUT2D eigenvalue weighted by molar-refractivity contribution is -0.142. The first-order valence-corrected chi connectivity index (χ1v) is 7.96. The van der Waals surface area contributed by atoms with E-state index in [-0.39, 0.29) is 25.7 Å². The van der Waals surface area contributed by atoms with Crippen LogP contribution in [0, 0.1) is 6.92 Å². The molecule has 0 aliphatic heterocycles. The smallest absolute Gasteiger partial charge is 0.329 e. The van der Waals surface area contributed by atoms with Crippen molar-refractivity contribution in [2.45, 2.75) is 13.3 Å². The molecule has 0 aliphatic rings. The Hall–Kier alpha value is -2.25. The summed E-state index contributed by atoms with van der Waals surface area (Å²) in [6, 6.07) is 9.95. The molecule has 0 saturated carbocycles. The number of carbonyl (C=O) groups is 2. The summed E-state index contributed by atoms with van der Waals surface area (Å²) in [5, 5.41) is 12.0. The highest BCUT2D eigenvalue weighted by atomic mass is 32.1. The highest BCUT2D eigenvalue weighted by Crippen LogP contribution is 2.20. The van der Waals surface area contributed by atoms with Crippen LogP contribution in [0.3, 0.4) is 0 Å². The van der Waals surface area contributed by atoms with Crippen LogP contribution < -0.4 is 5.32 Å². The second-order valence-electron chi connectivity index (χ2n) is 4.89. The number of ether oxygens (including phenoxy) is 1. The summed E-state index contributed by atoms with van der Waals surface area (Å²) in [4.78, 5) is 27.4. The lowest BCUT2D eigenvalue weighted by atomic mass is 10.2. The Morgan fingerprint density at radius 3 is 2.74 bits per heavy atom.